The second-order valence-electron chi connectivity index (χ2n) is 19.5. The summed E-state index contributed by atoms with van der Waals surface area (Å²) in [6, 6.07) is 0. The molecule has 0 aromatic carbocycles. The SMILES string of the molecule is CC/C=C\C/C=C\C/C=C\C/C=C\C/C=C\CCCCCCCCCCCCCCCC(=O)OCC(COC(=O)CCCCCCC)OC(=O)CCCCCCCCC/C=C\CCCCCCCC. The van der Waals surface area contributed by atoms with E-state index in [2.05, 4.69) is 93.7 Å². The zero-order valence-electron chi connectivity index (χ0n) is 45.6. The largest absolute Gasteiger partial charge is 0.462 e. The van der Waals surface area contributed by atoms with Crippen molar-refractivity contribution < 1.29 is 28.6 Å². The molecule has 69 heavy (non-hydrogen) atoms. The Labute approximate surface area is 427 Å². The fraction of sp³-hybridized carbons (Fsp3) is 0.762. The predicted molar refractivity (Wildman–Crippen MR) is 298 cm³/mol. The van der Waals surface area contributed by atoms with Crippen LogP contribution < -0.4 is 0 Å². The van der Waals surface area contributed by atoms with Gasteiger partial charge in [0.1, 0.15) is 13.2 Å². The molecule has 0 radical (unpaired) electrons. The van der Waals surface area contributed by atoms with Crippen LogP contribution in [0.4, 0.5) is 0 Å². The van der Waals surface area contributed by atoms with E-state index in [1.165, 1.54) is 154 Å². The van der Waals surface area contributed by atoms with Crippen LogP contribution in [0.3, 0.4) is 0 Å². The summed E-state index contributed by atoms with van der Waals surface area (Å²) in [6.07, 6.45) is 73.7. The first-order valence-electron chi connectivity index (χ1n) is 29.4. The van der Waals surface area contributed by atoms with Crippen molar-refractivity contribution in [3.05, 3.63) is 72.9 Å². The van der Waals surface area contributed by atoms with Gasteiger partial charge in [0.2, 0.25) is 0 Å². The summed E-state index contributed by atoms with van der Waals surface area (Å²) in [5.41, 5.74) is 0. The molecule has 0 aromatic rings. The van der Waals surface area contributed by atoms with Crippen molar-refractivity contribution in [2.45, 2.75) is 297 Å². The summed E-state index contributed by atoms with van der Waals surface area (Å²) >= 11 is 0. The molecule has 0 spiro atoms. The second-order valence-corrected chi connectivity index (χ2v) is 19.5. The van der Waals surface area contributed by atoms with Crippen LogP contribution in [-0.2, 0) is 28.6 Å². The smallest absolute Gasteiger partial charge is 0.306 e. The van der Waals surface area contributed by atoms with Gasteiger partial charge < -0.3 is 14.2 Å². The molecular weight excluding hydrogens is 853 g/mol. The van der Waals surface area contributed by atoms with Crippen molar-refractivity contribution >= 4 is 17.9 Å². The second kappa shape index (κ2) is 57.4. The number of esters is 3. The quantitative estimate of drug-likeness (QED) is 0.0262. The Morgan fingerprint density at radius 1 is 0.304 bits per heavy atom. The van der Waals surface area contributed by atoms with Gasteiger partial charge in [-0.15, -0.1) is 0 Å². The van der Waals surface area contributed by atoms with E-state index >= 15 is 0 Å². The molecule has 0 heterocycles. The Hall–Kier alpha value is -3.15. The molecule has 0 aliphatic carbocycles. The van der Waals surface area contributed by atoms with Gasteiger partial charge in [-0.25, -0.2) is 0 Å². The average molecular weight is 964 g/mol. The number of hydrogen-bond donors (Lipinski definition) is 0. The zero-order chi connectivity index (χ0) is 50.0. The fourth-order valence-corrected chi connectivity index (χ4v) is 8.29. The summed E-state index contributed by atoms with van der Waals surface area (Å²) in [6.45, 7) is 6.45. The third kappa shape index (κ3) is 55.6. The molecule has 0 saturated carbocycles. The van der Waals surface area contributed by atoms with Crippen LogP contribution in [0, 0.1) is 0 Å². The highest BCUT2D eigenvalue weighted by atomic mass is 16.6. The lowest BCUT2D eigenvalue weighted by Gasteiger charge is -2.18. The van der Waals surface area contributed by atoms with Gasteiger partial charge >= 0.3 is 17.9 Å². The Morgan fingerprint density at radius 2 is 0.565 bits per heavy atom. The maximum atomic E-state index is 12.8. The molecule has 0 saturated heterocycles. The van der Waals surface area contributed by atoms with E-state index < -0.39 is 6.10 Å². The lowest BCUT2D eigenvalue weighted by Crippen LogP contribution is -2.30. The van der Waals surface area contributed by atoms with Crippen molar-refractivity contribution in [2.75, 3.05) is 13.2 Å². The number of carbonyl (C=O) groups is 3. The summed E-state index contributed by atoms with van der Waals surface area (Å²) in [4.78, 5) is 37.8. The molecule has 0 aliphatic rings. The van der Waals surface area contributed by atoms with E-state index in [0.29, 0.717) is 19.3 Å². The van der Waals surface area contributed by atoms with Crippen LogP contribution in [0.1, 0.15) is 290 Å². The van der Waals surface area contributed by atoms with E-state index in [1.54, 1.807) is 0 Å². The highest BCUT2D eigenvalue weighted by Gasteiger charge is 2.19. The Balaban J connectivity index is 4.03. The molecule has 6 nitrogen and oxygen atoms in total. The van der Waals surface area contributed by atoms with Crippen LogP contribution in [0.15, 0.2) is 72.9 Å². The highest BCUT2D eigenvalue weighted by molar-refractivity contribution is 5.71. The minimum atomic E-state index is -0.773. The number of rotatable bonds is 53. The first-order valence-corrected chi connectivity index (χ1v) is 29.4. The molecule has 1 atom stereocenters. The lowest BCUT2D eigenvalue weighted by atomic mass is 10.0. The normalized spacial score (nSPS) is 12.6. The van der Waals surface area contributed by atoms with Gasteiger partial charge in [-0.2, -0.15) is 0 Å². The van der Waals surface area contributed by atoms with Gasteiger partial charge in [-0.3, -0.25) is 14.4 Å². The number of ether oxygens (including phenoxy) is 3. The number of hydrogen-bond acceptors (Lipinski definition) is 6. The molecule has 0 aromatic heterocycles. The number of unbranched alkanes of at least 4 members (excludes halogenated alkanes) is 30. The summed E-state index contributed by atoms with van der Waals surface area (Å²) in [5, 5.41) is 0. The molecular formula is C63H110O6. The third-order valence-corrected chi connectivity index (χ3v) is 12.7. The van der Waals surface area contributed by atoms with Gasteiger partial charge in [-0.1, -0.05) is 254 Å². The maximum Gasteiger partial charge on any atom is 0.306 e. The van der Waals surface area contributed by atoms with Crippen molar-refractivity contribution in [2.24, 2.45) is 0 Å². The van der Waals surface area contributed by atoms with E-state index in [-0.39, 0.29) is 31.1 Å². The van der Waals surface area contributed by atoms with Gasteiger partial charge in [0.25, 0.3) is 0 Å². The molecule has 0 amide bonds. The van der Waals surface area contributed by atoms with E-state index in [1.807, 2.05) is 0 Å². The maximum absolute atomic E-state index is 12.8. The van der Waals surface area contributed by atoms with Crippen LogP contribution in [-0.4, -0.2) is 37.2 Å². The molecule has 1 unspecified atom stereocenters. The van der Waals surface area contributed by atoms with Crippen LogP contribution >= 0.6 is 0 Å². The zero-order valence-corrected chi connectivity index (χ0v) is 45.6. The Morgan fingerprint density at radius 3 is 0.899 bits per heavy atom. The number of carbonyl (C=O) groups excluding carboxylic acids is 3. The van der Waals surface area contributed by atoms with E-state index in [4.69, 9.17) is 14.2 Å². The molecule has 0 fully saturated rings. The van der Waals surface area contributed by atoms with Crippen molar-refractivity contribution in [3.63, 3.8) is 0 Å². The molecule has 398 valence electrons. The van der Waals surface area contributed by atoms with Crippen molar-refractivity contribution in [1.29, 1.82) is 0 Å². The Kier molecular flexibility index (Phi) is 54.8. The first-order chi connectivity index (χ1) is 34.0. The average Bonchev–Trinajstić information content (AvgIpc) is 3.35. The fourth-order valence-electron chi connectivity index (χ4n) is 8.29. The van der Waals surface area contributed by atoms with Gasteiger partial charge in [0.15, 0.2) is 6.10 Å². The van der Waals surface area contributed by atoms with Crippen molar-refractivity contribution in [3.8, 4) is 0 Å². The molecule has 0 N–H and O–H groups in total. The molecule has 0 bridgehead atoms. The molecule has 0 rings (SSSR count). The predicted octanol–water partition coefficient (Wildman–Crippen LogP) is 19.8. The van der Waals surface area contributed by atoms with Crippen LogP contribution in [0.5, 0.6) is 0 Å². The third-order valence-electron chi connectivity index (χ3n) is 12.7. The molecule has 0 aliphatic heterocycles. The lowest BCUT2D eigenvalue weighted by molar-refractivity contribution is -0.167. The minimum absolute atomic E-state index is 0.0757. The highest BCUT2D eigenvalue weighted by Crippen LogP contribution is 2.16. The summed E-state index contributed by atoms with van der Waals surface area (Å²) in [5.74, 6) is -0.887. The standard InChI is InChI=1S/C63H110O6/c1-4-7-10-13-15-17-19-21-23-25-26-27-28-29-30-31-32-33-34-35-36-38-39-41-43-45-47-50-53-56-62(65)68-59-60(58-67-61(64)55-52-49-12-9-6-3)69-63(66)57-54-51-48-46-44-42-40-37-24-22-20-18-16-14-11-8-5-2/h7,10,15,17,21-24,26-27,29-30,60H,4-6,8-9,11-14,16,18-20,25,28,31-59H2,1-3H3/b10-7-,17-15-,23-21-,24-22-,27-26-,30-29-. The van der Waals surface area contributed by atoms with Crippen LogP contribution in [0.2, 0.25) is 0 Å². The van der Waals surface area contributed by atoms with Gasteiger partial charge in [0.05, 0.1) is 0 Å². The molecule has 6 heteroatoms. The Bertz CT molecular complexity index is 1290. The van der Waals surface area contributed by atoms with Crippen LogP contribution in [0.25, 0.3) is 0 Å². The monoisotopic (exact) mass is 963 g/mol. The summed E-state index contributed by atoms with van der Waals surface area (Å²) < 4.78 is 16.7. The summed E-state index contributed by atoms with van der Waals surface area (Å²) in [7, 11) is 0. The van der Waals surface area contributed by atoms with E-state index in [0.717, 1.165) is 96.3 Å². The van der Waals surface area contributed by atoms with Gasteiger partial charge in [0, 0.05) is 19.3 Å². The topological polar surface area (TPSA) is 78.9 Å². The number of allylic oxidation sites excluding steroid dienone is 12. The minimum Gasteiger partial charge on any atom is -0.462 e. The van der Waals surface area contributed by atoms with Gasteiger partial charge in [-0.05, 0) is 89.9 Å². The first kappa shape index (κ1) is 65.8. The van der Waals surface area contributed by atoms with Crippen molar-refractivity contribution in [1.82, 2.24) is 0 Å². The van der Waals surface area contributed by atoms with E-state index in [9.17, 15) is 14.4 Å².